The molecule has 0 spiro atoms. The van der Waals surface area contributed by atoms with Gasteiger partial charge in [-0.2, -0.15) is 0 Å². The molecule has 0 bridgehead atoms. The van der Waals surface area contributed by atoms with Crippen LogP contribution in [0.2, 0.25) is 5.02 Å². The van der Waals surface area contributed by atoms with Crippen molar-refractivity contribution in [3.63, 3.8) is 0 Å². The number of methoxy groups -OCH3 is 2. The van der Waals surface area contributed by atoms with Gasteiger partial charge in [0, 0.05) is 25.7 Å². The van der Waals surface area contributed by atoms with Crippen LogP contribution < -0.4 is 26.3 Å². The van der Waals surface area contributed by atoms with E-state index in [-0.39, 0.29) is 6.04 Å². The van der Waals surface area contributed by atoms with Crippen molar-refractivity contribution >= 4 is 11.6 Å². The lowest BCUT2D eigenvalue weighted by atomic mass is 10.1. The summed E-state index contributed by atoms with van der Waals surface area (Å²) in [5.74, 6) is 1.15. The van der Waals surface area contributed by atoms with E-state index in [0.29, 0.717) is 36.2 Å². The topological polar surface area (TPSA) is 82.5 Å². The summed E-state index contributed by atoms with van der Waals surface area (Å²) < 4.78 is 10.4. The maximum atomic E-state index is 6.26. The Kier molecular flexibility index (Phi) is 6.21. The zero-order valence-electron chi connectivity index (χ0n) is 10.7. The average Bonchev–Trinajstić information content (AvgIpc) is 2.40. The fourth-order valence-corrected chi connectivity index (χ4v) is 1.88. The maximum Gasteiger partial charge on any atom is 0.179 e. The lowest BCUT2D eigenvalue weighted by Gasteiger charge is -2.17. The van der Waals surface area contributed by atoms with Crippen LogP contribution >= 0.6 is 11.6 Å². The quantitative estimate of drug-likeness (QED) is 0.682. The monoisotopic (exact) mass is 273 g/mol. The molecule has 0 heterocycles. The van der Waals surface area contributed by atoms with E-state index >= 15 is 0 Å². The summed E-state index contributed by atoms with van der Waals surface area (Å²) in [6, 6.07) is 3.79. The van der Waals surface area contributed by atoms with E-state index in [9.17, 15) is 0 Å². The van der Waals surface area contributed by atoms with Crippen molar-refractivity contribution in [1.29, 1.82) is 0 Å². The lowest BCUT2D eigenvalue weighted by molar-refractivity contribution is 0.354. The Bertz CT molecular complexity index is 384. The molecule has 0 aliphatic carbocycles. The summed E-state index contributed by atoms with van der Waals surface area (Å²) >= 11 is 6.26. The zero-order valence-corrected chi connectivity index (χ0v) is 11.5. The summed E-state index contributed by atoms with van der Waals surface area (Å²) in [6.07, 6.45) is 0. The molecule has 5 N–H and O–H groups in total. The van der Waals surface area contributed by atoms with Crippen molar-refractivity contribution < 1.29 is 9.47 Å². The number of halogens is 1. The number of ether oxygens (including phenoxy) is 2. The van der Waals surface area contributed by atoms with Gasteiger partial charge in [-0.3, -0.25) is 0 Å². The molecule has 0 fully saturated rings. The van der Waals surface area contributed by atoms with E-state index in [1.165, 1.54) is 0 Å². The maximum absolute atomic E-state index is 6.26. The Labute approximate surface area is 112 Å². The number of hydrogen-bond acceptors (Lipinski definition) is 5. The van der Waals surface area contributed by atoms with Crippen LogP contribution in [0.5, 0.6) is 11.5 Å². The first-order valence-electron chi connectivity index (χ1n) is 5.70. The smallest absolute Gasteiger partial charge is 0.179 e. The van der Waals surface area contributed by atoms with Crippen molar-refractivity contribution in [2.45, 2.75) is 12.6 Å². The second-order valence-corrected chi connectivity index (χ2v) is 4.20. The van der Waals surface area contributed by atoms with Crippen molar-refractivity contribution in [2.24, 2.45) is 11.5 Å². The summed E-state index contributed by atoms with van der Waals surface area (Å²) in [5, 5.41) is 3.77. The first kappa shape index (κ1) is 15.0. The van der Waals surface area contributed by atoms with Crippen molar-refractivity contribution in [3.05, 3.63) is 22.7 Å². The highest BCUT2D eigenvalue weighted by Crippen LogP contribution is 2.37. The molecule has 0 amide bonds. The van der Waals surface area contributed by atoms with Gasteiger partial charge in [0.15, 0.2) is 11.5 Å². The third kappa shape index (κ3) is 3.49. The van der Waals surface area contributed by atoms with Gasteiger partial charge in [-0.15, -0.1) is 0 Å². The molecule has 1 aromatic rings. The van der Waals surface area contributed by atoms with Crippen LogP contribution in [0.1, 0.15) is 5.56 Å². The van der Waals surface area contributed by atoms with Gasteiger partial charge in [0.2, 0.25) is 0 Å². The minimum absolute atomic E-state index is 0.0779. The second-order valence-electron chi connectivity index (χ2n) is 3.82. The zero-order chi connectivity index (χ0) is 13.5. The Morgan fingerprint density at radius 1 is 1.22 bits per heavy atom. The van der Waals surface area contributed by atoms with Gasteiger partial charge in [0.25, 0.3) is 0 Å². The van der Waals surface area contributed by atoms with Crippen LogP contribution in [0.4, 0.5) is 0 Å². The molecule has 0 atom stereocenters. The van der Waals surface area contributed by atoms with Gasteiger partial charge >= 0.3 is 0 Å². The van der Waals surface area contributed by atoms with E-state index in [2.05, 4.69) is 5.32 Å². The van der Waals surface area contributed by atoms with Crippen molar-refractivity contribution in [3.8, 4) is 11.5 Å². The first-order valence-corrected chi connectivity index (χ1v) is 6.08. The molecule has 0 saturated heterocycles. The van der Waals surface area contributed by atoms with E-state index in [1.54, 1.807) is 14.2 Å². The summed E-state index contributed by atoms with van der Waals surface area (Å²) in [7, 11) is 3.13. The third-order valence-electron chi connectivity index (χ3n) is 2.72. The third-order valence-corrected chi connectivity index (χ3v) is 3.13. The summed E-state index contributed by atoms with van der Waals surface area (Å²) in [5.41, 5.74) is 12.1. The molecule has 1 aromatic carbocycles. The predicted octanol–water partition coefficient (Wildman–Crippen LogP) is 0.733. The largest absolute Gasteiger partial charge is 0.493 e. The molecule has 0 aliphatic heterocycles. The molecule has 18 heavy (non-hydrogen) atoms. The van der Waals surface area contributed by atoms with Crippen LogP contribution in [0, 0.1) is 0 Å². The van der Waals surface area contributed by atoms with E-state index in [1.807, 2.05) is 12.1 Å². The second kappa shape index (κ2) is 7.43. The highest BCUT2D eigenvalue weighted by Gasteiger charge is 2.13. The highest BCUT2D eigenvalue weighted by atomic mass is 35.5. The van der Waals surface area contributed by atoms with Crippen LogP contribution in [-0.4, -0.2) is 33.4 Å². The van der Waals surface area contributed by atoms with E-state index in [0.717, 1.165) is 5.56 Å². The van der Waals surface area contributed by atoms with Crippen LogP contribution in [-0.2, 0) is 6.54 Å². The highest BCUT2D eigenvalue weighted by molar-refractivity contribution is 6.33. The molecular formula is C12H20ClN3O2. The molecule has 0 aromatic heterocycles. The Hall–Kier alpha value is -1.01. The minimum atomic E-state index is 0.0779. The fourth-order valence-electron chi connectivity index (χ4n) is 1.58. The van der Waals surface area contributed by atoms with Gasteiger partial charge in [-0.25, -0.2) is 0 Å². The average molecular weight is 274 g/mol. The Morgan fingerprint density at radius 2 is 1.89 bits per heavy atom. The van der Waals surface area contributed by atoms with E-state index in [4.69, 9.17) is 32.5 Å². The Balaban J connectivity index is 2.84. The minimum Gasteiger partial charge on any atom is -0.493 e. The number of rotatable bonds is 7. The van der Waals surface area contributed by atoms with Gasteiger partial charge < -0.3 is 26.3 Å². The summed E-state index contributed by atoms with van der Waals surface area (Å²) in [6.45, 7) is 1.56. The normalized spacial score (nSPS) is 10.8. The lowest BCUT2D eigenvalue weighted by Crippen LogP contribution is -2.41. The van der Waals surface area contributed by atoms with Crippen LogP contribution in [0.15, 0.2) is 12.1 Å². The van der Waals surface area contributed by atoms with Gasteiger partial charge in [-0.05, 0) is 11.6 Å². The number of nitrogens with two attached hydrogens (primary N) is 2. The molecule has 0 aliphatic rings. The molecule has 0 radical (unpaired) electrons. The number of benzene rings is 1. The number of hydrogen-bond donors (Lipinski definition) is 3. The van der Waals surface area contributed by atoms with Gasteiger partial charge in [0.05, 0.1) is 19.2 Å². The van der Waals surface area contributed by atoms with Crippen molar-refractivity contribution in [1.82, 2.24) is 5.32 Å². The van der Waals surface area contributed by atoms with Crippen molar-refractivity contribution in [2.75, 3.05) is 27.3 Å². The molecule has 102 valence electrons. The van der Waals surface area contributed by atoms with Gasteiger partial charge in [-0.1, -0.05) is 17.7 Å². The fraction of sp³-hybridized carbons (Fsp3) is 0.500. The molecule has 1 rings (SSSR count). The first-order chi connectivity index (χ1) is 8.67. The van der Waals surface area contributed by atoms with E-state index < -0.39 is 0 Å². The summed E-state index contributed by atoms with van der Waals surface area (Å²) in [4.78, 5) is 0. The molecule has 6 heteroatoms. The molecule has 0 unspecified atom stereocenters. The SMILES string of the molecule is COc1ccc(CNC(CN)CN)c(Cl)c1OC. The van der Waals surface area contributed by atoms with Gasteiger partial charge in [0.1, 0.15) is 0 Å². The molecule has 5 nitrogen and oxygen atoms in total. The van der Waals surface area contributed by atoms with Crippen LogP contribution in [0.3, 0.4) is 0 Å². The molecule has 0 saturated carbocycles. The molecular weight excluding hydrogens is 254 g/mol. The standard InChI is InChI=1S/C12H20ClN3O2/c1-17-10-4-3-8(11(13)12(10)18-2)7-16-9(5-14)6-15/h3-4,9,16H,5-7,14-15H2,1-2H3. The predicted molar refractivity (Wildman–Crippen MR) is 73.3 cm³/mol. The van der Waals surface area contributed by atoms with Crippen LogP contribution in [0.25, 0.3) is 0 Å². The number of nitrogens with one attached hydrogen (secondary N) is 1. The Morgan fingerprint density at radius 3 is 2.39 bits per heavy atom.